The van der Waals surface area contributed by atoms with Gasteiger partial charge >= 0.3 is 0 Å². The van der Waals surface area contributed by atoms with Crippen LogP contribution >= 0.6 is 0 Å². The summed E-state index contributed by atoms with van der Waals surface area (Å²) in [7, 11) is 0. The second-order valence-corrected chi connectivity index (χ2v) is 14.4. The summed E-state index contributed by atoms with van der Waals surface area (Å²) in [4.78, 5) is 10.6. The van der Waals surface area contributed by atoms with Crippen LogP contribution in [0.25, 0.3) is 78.1 Å². The van der Waals surface area contributed by atoms with Crippen molar-refractivity contribution in [1.82, 2.24) is 9.97 Å². The zero-order valence-electron chi connectivity index (χ0n) is 30.4. The lowest BCUT2D eigenvalue weighted by Crippen LogP contribution is -2.29. The summed E-state index contributed by atoms with van der Waals surface area (Å²) in [5, 5.41) is 2.25. The van der Waals surface area contributed by atoms with Gasteiger partial charge in [0.15, 0.2) is 5.82 Å². The predicted octanol–water partition coefficient (Wildman–Crippen LogP) is 13.4. The summed E-state index contributed by atoms with van der Waals surface area (Å²) in [5.41, 5.74) is 15.7. The van der Waals surface area contributed by atoms with Crippen molar-refractivity contribution in [2.24, 2.45) is 0 Å². The van der Waals surface area contributed by atoms with Crippen LogP contribution in [0.3, 0.4) is 0 Å². The molecular weight excluding hydrogens is 681 g/mol. The van der Waals surface area contributed by atoms with E-state index in [0.29, 0.717) is 5.82 Å². The lowest BCUT2D eigenvalue weighted by atomic mass is 9.66. The number of rotatable bonds is 6. The van der Waals surface area contributed by atoms with Gasteiger partial charge in [-0.15, -0.1) is 0 Å². The van der Waals surface area contributed by atoms with Crippen LogP contribution in [0.5, 0.6) is 0 Å². The standard InChI is InChI=1S/C53H34N2O/c1-4-16-37(17-5-1)52-54-46(36-32-30-35(31-33-36)40-24-15-29-49-50(40)44-23-11-13-28-48(44)56-49)34-47(55-52)43-26-14-25-42-41-22-10-12-27-45(41)53(51(42)43,38-18-6-2-7-19-38)39-20-8-3-9-21-39/h1-34H. The van der Waals surface area contributed by atoms with Crippen molar-refractivity contribution in [3.05, 3.63) is 229 Å². The van der Waals surface area contributed by atoms with Gasteiger partial charge in [-0.05, 0) is 62.7 Å². The topological polar surface area (TPSA) is 38.9 Å². The first-order valence-corrected chi connectivity index (χ1v) is 19.1. The van der Waals surface area contributed by atoms with Crippen molar-refractivity contribution in [3.63, 3.8) is 0 Å². The van der Waals surface area contributed by atoms with Gasteiger partial charge in [0.1, 0.15) is 11.2 Å². The molecule has 0 unspecified atom stereocenters. The highest BCUT2D eigenvalue weighted by molar-refractivity contribution is 6.12. The Morgan fingerprint density at radius 3 is 1.70 bits per heavy atom. The Labute approximate surface area is 325 Å². The van der Waals surface area contributed by atoms with Gasteiger partial charge < -0.3 is 4.42 Å². The molecular formula is C53H34N2O. The molecule has 1 aliphatic rings. The number of hydrogen-bond acceptors (Lipinski definition) is 3. The quantitative estimate of drug-likeness (QED) is 0.172. The molecule has 0 fully saturated rings. The number of fused-ring (bicyclic) bond motifs is 6. The van der Waals surface area contributed by atoms with E-state index in [-0.39, 0.29) is 0 Å². The van der Waals surface area contributed by atoms with Crippen LogP contribution in [0.1, 0.15) is 22.3 Å². The van der Waals surface area contributed by atoms with E-state index < -0.39 is 5.41 Å². The van der Waals surface area contributed by atoms with Crippen LogP contribution < -0.4 is 0 Å². The van der Waals surface area contributed by atoms with Crippen LogP contribution in [0.15, 0.2) is 211 Å². The lowest BCUT2D eigenvalue weighted by Gasteiger charge is -2.35. The first kappa shape index (κ1) is 32.1. The van der Waals surface area contributed by atoms with Gasteiger partial charge in [-0.1, -0.05) is 188 Å². The smallest absolute Gasteiger partial charge is 0.160 e. The molecule has 11 rings (SSSR count). The summed E-state index contributed by atoms with van der Waals surface area (Å²) in [5.74, 6) is 0.690. The van der Waals surface area contributed by atoms with Gasteiger partial charge in [0, 0.05) is 27.5 Å². The lowest BCUT2D eigenvalue weighted by molar-refractivity contribution is 0.669. The zero-order chi connectivity index (χ0) is 37.1. The van der Waals surface area contributed by atoms with Crippen molar-refractivity contribution >= 4 is 21.9 Å². The van der Waals surface area contributed by atoms with Crippen LogP contribution in [0.2, 0.25) is 0 Å². The Morgan fingerprint density at radius 1 is 0.375 bits per heavy atom. The Bertz CT molecular complexity index is 3020. The summed E-state index contributed by atoms with van der Waals surface area (Å²) in [6, 6.07) is 73.2. The minimum absolute atomic E-state index is 0.566. The fourth-order valence-corrected chi connectivity index (χ4v) is 9.00. The maximum absolute atomic E-state index is 6.22. The number of furan rings is 1. The fraction of sp³-hybridized carbons (Fsp3) is 0.0189. The van der Waals surface area contributed by atoms with E-state index >= 15 is 0 Å². The largest absolute Gasteiger partial charge is 0.456 e. The van der Waals surface area contributed by atoms with E-state index in [1.165, 1.54) is 33.4 Å². The molecule has 3 nitrogen and oxygen atoms in total. The maximum Gasteiger partial charge on any atom is 0.160 e. The van der Waals surface area contributed by atoms with E-state index in [1.54, 1.807) is 0 Å². The molecule has 0 saturated heterocycles. The molecule has 0 radical (unpaired) electrons. The minimum atomic E-state index is -0.566. The molecule has 0 saturated carbocycles. The number of aromatic nitrogens is 2. The molecule has 2 aromatic heterocycles. The molecule has 1 aliphatic carbocycles. The van der Waals surface area contributed by atoms with Gasteiger partial charge in [-0.2, -0.15) is 0 Å². The third-order valence-corrected chi connectivity index (χ3v) is 11.4. The molecule has 0 aliphatic heterocycles. The van der Waals surface area contributed by atoms with Gasteiger partial charge in [0.2, 0.25) is 0 Å². The molecule has 0 spiro atoms. The van der Waals surface area contributed by atoms with Crippen molar-refractivity contribution < 1.29 is 4.42 Å². The average molecular weight is 715 g/mol. The summed E-state index contributed by atoms with van der Waals surface area (Å²) in [6.07, 6.45) is 0. The molecule has 0 atom stereocenters. The normalized spacial score (nSPS) is 12.8. The molecule has 0 N–H and O–H groups in total. The SMILES string of the molecule is c1ccc(-c2nc(-c3ccc(-c4cccc5oc6ccccc6c45)cc3)cc(-c3cccc4c3C(c3ccccc3)(c3ccccc3)c3ccccc3-4)n2)cc1. The Kier molecular flexibility index (Phi) is 7.39. The Hall–Kier alpha value is -7.36. The zero-order valence-corrected chi connectivity index (χ0v) is 30.4. The van der Waals surface area contributed by atoms with Crippen molar-refractivity contribution in [3.8, 4) is 56.2 Å². The molecule has 0 amide bonds. The van der Waals surface area contributed by atoms with E-state index in [1.807, 2.05) is 36.4 Å². The van der Waals surface area contributed by atoms with Crippen molar-refractivity contribution in [1.29, 1.82) is 0 Å². The average Bonchev–Trinajstić information content (AvgIpc) is 3.82. The predicted molar refractivity (Wildman–Crippen MR) is 228 cm³/mol. The summed E-state index contributed by atoms with van der Waals surface area (Å²) < 4.78 is 6.22. The third kappa shape index (κ3) is 4.91. The van der Waals surface area contributed by atoms with Crippen LogP contribution in [-0.2, 0) is 5.41 Å². The molecule has 0 bridgehead atoms. The number of hydrogen-bond donors (Lipinski definition) is 0. The minimum Gasteiger partial charge on any atom is -0.456 e. The second-order valence-electron chi connectivity index (χ2n) is 14.4. The van der Waals surface area contributed by atoms with Crippen LogP contribution in [-0.4, -0.2) is 9.97 Å². The van der Waals surface area contributed by atoms with E-state index in [4.69, 9.17) is 14.4 Å². The number of nitrogens with zero attached hydrogens (tertiary/aromatic N) is 2. The molecule has 2 heterocycles. The molecule has 10 aromatic rings. The molecule has 3 heteroatoms. The van der Waals surface area contributed by atoms with Gasteiger partial charge in [-0.3, -0.25) is 0 Å². The Morgan fingerprint density at radius 2 is 0.929 bits per heavy atom. The first-order valence-electron chi connectivity index (χ1n) is 19.1. The fourth-order valence-electron chi connectivity index (χ4n) is 9.00. The highest BCUT2D eigenvalue weighted by atomic mass is 16.3. The highest BCUT2D eigenvalue weighted by Gasteiger charge is 2.47. The molecule has 262 valence electrons. The summed E-state index contributed by atoms with van der Waals surface area (Å²) in [6.45, 7) is 0. The van der Waals surface area contributed by atoms with E-state index in [9.17, 15) is 0 Å². The first-order chi connectivity index (χ1) is 27.8. The van der Waals surface area contributed by atoms with E-state index in [2.05, 4.69) is 170 Å². The van der Waals surface area contributed by atoms with E-state index in [0.717, 1.165) is 61.1 Å². The number of benzene rings is 8. The van der Waals surface area contributed by atoms with Gasteiger partial charge in [0.25, 0.3) is 0 Å². The van der Waals surface area contributed by atoms with Gasteiger partial charge in [0.05, 0.1) is 16.8 Å². The third-order valence-electron chi connectivity index (χ3n) is 11.4. The molecule has 56 heavy (non-hydrogen) atoms. The second kappa shape index (κ2) is 12.9. The monoisotopic (exact) mass is 714 g/mol. The number of para-hydroxylation sites is 1. The molecule has 8 aromatic carbocycles. The van der Waals surface area contributed by atoms with Crippen molar-refractivity contribution in [2.75, 3.05) is 0 Å². The summed E-state index contributed by atoms with van der Waals surface area (Å²) >= 11 is 0. The Balaban J connectivity index is 1.13. The maximum atomic E-state index is 6.22. The highest BCUT2D eigenvalue weighted by Crippen LogP contribution is 2.58. The van der Waals surface area contributed by atoms with Gasteiger partial charge in [-0.25, -0.2) is 9.97 Å². The van der Waals surface area contributed by atoms with Crippen LogP contribution in [0.4, 0.5) is 0 Å². The van der Waals surface area contributed by atoms with Crippen LogP contribution in [0, 0.1) is 0 Å². The van der Waals surface area contributed by atoms with Crippen molar-refractivity contribution in [2.45, 2.75) is 5.41 Å².